The average molecular weight is 691 g/mol. The summed E-state index contributed by atoms with van der Waals surface area (Å²) in [5, 5.41) is 40.1. The zero-order valence-corrected chi connectivity index (χ0v) is 30.4. The Morgan fingerprint density at radius 2 is 1.84 bits per heavy atom. The van der Waals surface area contributed by atoms with E-state index in [9.17, 15) is 24.9 Å². The second-order valence-corrected chi connectivity index (χ2v) is 17.4. The van der Waals surface area contributed by atoms with Crippen LogP contribution in [-0.2, 0) is 25.5 Å². The molecule has 1 aromatic carbocycles. The number of fused-ring (bicyclic) bond motifs is 3. The highest BCUT2D eigenvalue weighted by molar-refractivity contribution is 5.85. The van der Waals surface area contributed by atoms with E-state index in [0.29, 0.717) is 38.0 Å². The summed E-state index contributed by atoms with van der Waals surface area (Å²) in [6.45, 7) is 8.07. The van der Waals surface area contributed by atoms with Crippen LogP contribution in [0, 0.1) is 34.0 Å². The molecule has 50 heavy (non-hydrogen) atoms. The van der Waals surface area contributed by atoms with E-state index in [1.807, 2.05) is 25.1 Å². The highest BCUT2D eigenvalue weighted by Crippen LogP contribution is 2.77. The molecule has 1 saturated heterocycles. The minimum absolute atomic E-state index is 0.128. The SMILES string of the molecule is CC(=O)O[C@@]12C[C@]3(C)C=C[C@@](O)(CC[C@H](C)CCCc4ccccc4)[C@@]4([C@H](O)CC[C@@](C)([C@H]5CCC[C@H]5NN1)[C@@H]42)[C@@]3(O)CCC1=CC(=O)OC1. The van der Waals surface area contributed by atoms with Crippen molar-refractivity contribution in [1.82, 2.24) is 10.9 Å². The second-order valence-electron chi connectivity index (χ2n) is 17.4. The van der Waals surface area contributed by atoms with E-state index in [0.717, 1.165) is 44.1 Å². The van der Waals surface area contributed by atoms with Crippen molar-refractivity contribution in [2.24, 2.45) is 34.0 Å². The normalized spacial score (nSPS) is 43.7. The molecule has 6 aliphatic rings. The third kappa shape index (κ3) is 5.36. The number of benzene rings is 1. The van der Waals surface area contributed by atoms with E-state index in [2.05, 4.69) is 49.0 Å². The number of nitrogens with one attached hydrogen (secondary N) is 2. The van der Waals surface area contributed by atoms with Gasteiger partial charge < -0.3 is 24.8 Å². The summed E-state index contributed by atoms with van der Waals surface area (Å²) in [5.74, 6) is -0.979. The van der Waals surface area contributed by atoms with Gasteiger partial charge >= 0.3 is 11.9 Å². The molecule has 274 valence electrons. The Labute approximate surface area is 297 Å². The summed E-state index contributed by atoms with van der Waals surface area (Å²) in [7, 11) is 0. The number of carbonyl (C=O) groups is 2. The number of carbonyl (C=O) groups excluding carboxylic acids is 2. The Morgan fingerprint density at radius 3 is 2.56 bits per heavy atom. The van der Waals surface area contributed by atoms with Gasteiger partial charge in [0.25, 0.3) is 0 Å². The van der Waals surface area contributed by atoms with Crippen LogP contribution in [0.25, 0.3) is 0 Å². The lowest BCUT2D eigenvalue weighted by molar-refractivity contribution is -0.383. The van der Waals surface area contributed by atoms with Crippen molar-refractivity contribution >= 4 is 11.9 Å². The highest BCUT2D eigenvalue weighted by atomic mass is 16.6. The van der Waals surface area contributed by atoms with Gasteiger partial charge in [0.15, 0.2) is 5.72 Å². The van der Waals surface area contributed by atoms with Crippen molar-refractivity contribution in [3.8, 4) is 0 Å². The molecule has 0 unspecified atom stereocenters. The lowest BCUT2D eigenvalue weighted by Crippen LogP contribution is -2.87. The zero-order chi connectivity index (χ0) is 35.6. The van der Waals surface area contributed by atoms with Crippen LogP contribution in [0.4, 0.5) is 0 Å². The molecule has 5 N–H and O–H groups in total. The van der Waals surface area contributed by atoms with Gasteiger partial charge in [-0.15, -0.1) is 0 Å². The summed E-state index contributed by atoms with van der Waals surface area (Å²) in [6, 6.07) is 10.6. The van der Waals surface area contributed by atoms with Gasteiger partial charge in [0.05, 0.1) is 22.7 Å². The number of hydrogen-bond acceptors (Lipinski definition) is 9. The third-order valence-corrected chi connectivity index (χ3v) is 14.5. The summed E-state index contributed by atoms with van der Waals surface area (Å²) < 4.78 is 11.8. The van der Waals surface area contributed by atoms with Crippen LogP contribution in [0.2, 0.25) is 0 Å². The Kier molecular flexibility index (Phi) is 9.20. The van der Waals surface area contributed by atoms with Gasteiger partial charge in [0.1, 0.15) is 6.61 Å². The Balaban J connectivity index is 1.34. The van der Waals surface area contributed by atoms with Crippen molar-refractivity contribution in [2.45, 2.75) is 140 Å². The van der Waals surface area contributed by atoms with Crippen LogP contribution in [0.3, 0.4) is 0 Å². The lowest BCUT2D eigenvalue weighted by Gasteiger charge is -2.77. The fourth-order valence-electron chi connectivity index (χ4n) is 12.4. The van der Waals surface area contributed by atoms with Crippen LogP contribution < -0.4 is 10.9 Å². The summed E-state index contributed by atoms with van der Waals surface area (Å²) in [6.07, 6.45) is 13.3. The van der Waals surface area contributed by atoms with E-state index >= 15 is 0 Å². The number of aliphatic hydroxyl groups excluding tert-OH is 1. The molecule has 3 saturated carbocycles. The van der Waals surface area contributed by atoms with Crippen molar-refractivity contribution in [2.75, 3.05) is 6.61 Å². The minimum atomic E-state index is -1.62. The standard InChI is InChI=1S/C41H58N2O7/c1-27(10-8-13-29-11-6-5-7-12-29)16-20-38(47)23-22-36(3)26-39(50-28(2)44)35-37(4,31-14-9-15-32(31)42-43-39)19-18-33(45)41(35,38)40(36,48)21-17-30-24-34(46)49-25-30/h5-7,11-12,22-24,27,31-33,35,42-43,45,47-48H,8-10,13-21,25-26H2,1-4H3/t27-,31+,32-,33-,35-,36+,37+,38+,39-,40-,41+/m1/s1. The van der Waals surface area contributed by atoms with Crippen molar-refractivity contribution in [3.05, 3.63) is 59.7 Å². The molecule has 2 heterocycles. The quantitative estimate of drug-likeness (QED) is 0.152. The van der Waals surface area contributed by atoms with Gasteiger partial charge in [0.2, 0.25) is 0 Å². The fraction of sp³-hybridized carbons (Fsp3) is 0.707. The number of rotatable bonds is 11. The molecule has 4 aliphatic carbocycles. The summed E-state index contributed by atoms with van der Waals surface area (Å²) in [4.78, 5) is 25.2. The first-order chi connectivity index (χ1) is 23.7. The smallest absolute Gasteiger partial charge is 0.331 e. The number of cyclic esters (lactones) is 1. The lowest BCUT2D eigenvalue weighted by atomic mass is 9.30. The van der Waals surface area contributed by atoms with Crippen LogP contribution in [0.5, 0.6) is 0 Å². The van der Waals surface area contributed by atoms with Gasteiger partial charge in [-0.05, 0) is 92.6 Å². The molecular formula is C41H58N2O7. The largest absolute Gasteiger partial charge is 0.458 e. The first kappa shape index (κ1) is 35.8. The van der Waals surface area contributed by atoms with Crippen LogP contribution in [0.15, 0.2) is 54.1 Å². The minimum Gasteiger partial charge on any atom is -0.458 e. The number of esters is 2. The maximum absolute atomic E-state index is 13.8. The molecule has 0 aromatic heterocycles. The third-order valence-electron chi connectivity index (χ3n) is 14.5. The maximum Gasteiger partial charge on any atom is 0.331 e. The topological polar surface area (TPSA) is 137 Å². The molecule has 0 amide bonds. The molecule has 9 heteroatoms. The van der Waals surface area contributed by atoms with Crippen LogP contribution >= 0.6 is 0 Å². The Morgan fingerprint density at radius 1 is 1.06 bits per heavy atom. The predicted octanol–water partition coefficient (Wildman–Crippen LogP) is 5.43. The fourth-order valence-corrected chi connectivity index (χ4v) is 12.4. The number of aliphatic hydroxyl groups is 3. The van der Waals surface area contributed by atoms with E-state index in [4.69, 9.17) is 9.47 Å². The summed E-state index contributed by atoms with van der Waals surface area (Å²) in [5.41, 5.74) is 1.73. The molecule has 1 spiro atoms. The molecule has 7 rings (SSSR count). The molecule has 9 nitrogen and oxygen atoms in total. The maximum atomic E-state index is 13.8. The zero-order valence-electron chi connectivity index (χ0n) is 30.4. The monoisotopic (exact) mass is 690 g/mol. The number of hydrazine groups is 1. The van der Waals surface area contributed by atoms with E-state index in [-0.39, 0.29) is 37.4 Å². The Bertz CT molecular complexity index is 1530. The molecule has 0 radical (unpaired) electrons. The van der Waals surface area contributed by atoms with Gasteiger partial charge in [-0.25, -0.2) is 10.2 Å². The molecule has 2 bridgehead atoms. The molecule has 1 aromatic rings. The first-order valence-corrected chi connectivity index (χ1v) is 19.2. The molecule has 2 aliphatic heterocycles. The second kappa shape index (κ2) is 12.8. The first-order valence-electron chi connectivity index (χ1n) is 19.2. The van der Waals surface area contributed by atoms with Crippen LogP contribution in [-0.4, -0.2) is 62.9 Å². The molecular weight excluding hydrogens is 632 g/mol. The average Bonchev–Trinajstić information content (AvgIpc) is 3.71. The van der Waals surface area contributed by atoms with Gasteiger partial charge in [-0.1, -0.05) is 76.1 Å². The van der Waals surface area contributed by atoms with E-state index in [1.54, 1.807) is 0 Å². The van der Waals surface area contributed by atoms with Crippen molar-refractivity contribution < 1.29 is 34.4 Å². The highest BCUT2D eigenvalue weighted by Gasteiger charge is 2.85. The summed E-state index contributed by atoms with van der Waals surface area (Å²) >= 11 is 0. The number of hydrogen-bond donors (Lipinski definition) is 5. The molecule has 11 atom stereocenters. The van der Waals surface area contributed by atoms with E-state index < -0.39 is 51.2 Å². The van der Waals surface area contributed by atoms with E-state index in [1.165, 1.54) is 18.6 Å². The van der Waals surface area contributed by atoms with Gasteiger partial charge in [-0.2, -0.15) is 0 Å². The Hall–Kier alpha value is -2.56. The van der Waals surface area contributed by atoms with Crippen LogP contribution in [0.1, 0.15) is 110 Å². The predicted molar refractivity (Wildman–Crippen MR) is 189 cm³/mol. The number of aryl methyl sites for hydroxylation is 1. The molecule has 4 fully saturated rings. The van der Waals surface area contributed by atoms with Gasteiger partial charge in [0, 0.05) is 36.8 Å². The van der Waals surface area contributed by atoms with Gasteiger partial charge in [-0.3, -0.25) is 10.2 Å². The van der Waals surface area contributed by atoms with Crippen molar-refractivity contribution in [3.63, 3.8) is 0 Å². The van der Waals surface area contributed by atoms with Crippen molar-refractivity contribution in [1.29, 1.82) is 0 Å². The number of ether oxygens (including phenoxy) is 2.